The summed E-state index contributed by atoms with van der Waals surface area (Å²) in [5.74, 6) is -0.826. The molecule has 3 N–H and O–H groups in total. The Balaban J connectivity index is 2.18. The molecule has 0 aliphatic heterocycles. The Morgan fingerprint density at radius 1 is 1.35 bits per heavy atom. The van der Waals surface area contributed by atoms with Crippen molar-refractivity contribution in [1.29, 1.82) is 0 Å². The third-order valence-corrected chi connectivity index (χ3v) is 3.36. The van der Waals surface area contributed by atoms with Crippen LogP contribution in [-0.4, -0.2) is 24.0 Å². The van der Waals surface area contributed by atoms with Gasteiger partial charge in [-0.15, -0.1) is 0 Å². The number of aromatic nitrogens is 1. The summed E-state index contributed by atoms with van der Waals surface area (Å²) in [6.07, 6.45) is 1.86. The van der Waals surface area contributed by atoms with E-state index in [1.165, 1.54) is 13.4 Å². The van der Waals surface area contributed by atoms with Crippen LogP contribution in [0.15, 0.2) is 41.0 Å². The third-order valence-electron chi connectivity index (χ3n) is 3.36. The van der Waals surface area contributed by atoms with Crippen LogP contribution in [0.1, 0.15) is 47.4 Å². The number of methoxy groups -OCH3 is 1. The molecule has 7 nitrogen and oxygen atoms in total. The van der Waals surface area contributed by atoms with Gasteiger partial charge in [0.1, 0.15) is 6.26 Å². The standard InChI is InChI=1S/C16H19N3O4/c1-3-11(17)15-18-12(9-23-15)14(20)19-13(16(21)22-2)10-7-5-4-6-8-10/h4-9,11,13H,3,17H2,1-2H3,(H,19,20). The molecule has 2 rings (SSSR count). The van der Waals surface area contributed by atoms with Crippen molar-refractivity contribution in [2.24, 2.45) is 5.73 Å². The van der Waals surface area contributed by atoms with E-state index in [0.717, 1.165) is 0 Å². The van der Waals surface area contributed by atoms with Crippen molar-refractivity contribution in [3.63, 3.8) is 0 Å². The van der Waals surface area contributed by atoms with Gasteiger partial charge in [0.25, 0.3) is 5.91 Å². The van der Waals surface area contributed by atoms with Crippen molar-refractivity contribution in [2.75, 3.05) is 7.11 Å². The number of hydrogen-bond donors (Lipinski definition) is 2. The monoisotopic (exact) mass is 317 g/mol. The molecule has 2 unspecified atom stereocenters. The smallest absolute Gasteiger partial charge is 0.333 e. The van der Waals surface area contributed by atoms with E-state index >= 15 is 0 Å². The minimum Gasteiger partial charge on any atom is -0.467 e. The highest BCUT2D eigenvalue weighted by Gasteiger charge is 2.25. The number of benzene rings is 1. The number of nitrogens with zero attached hydrogens (tertiary/aromatic N) is 1. The molecule has 1 amide bonds. The fraction of sp³-hybridized carbons (Fsp3) is 0.312. The van der Waals surface area contributed by atoms with Crippen LogP contribution in [0.4, 0.5) is 0 Å². The van der Waals surface area contributed by atoms with Gasteiger partial charge < -0.3 is 20.2 Å². The first-order valence-electron chi connectivity index (χ1n) is 7.21. The molecule has 23 heavy (non-hydrogen) atoms. The molecule has 0 bridgehead atoms. The zero-order valence-electron chi connectivity index (χ0n) is 13.0. The molecular weight excluding hydrogens is 298 g/mol. The van der Waals surface area contributed by atoms with Crippen LogP contribution < -0.4 is 11.1 Å². The second-order valence-electron chi connectivity index (χ2n) is 4.93. The summed E-state index contributed by atoms with van der Waals surface area (Å²) in [6, 6.07) is 7.51. The molecule has 0 saturated carbocycles. The summed E-state index contributed by atoms with van der Waals surface area (Å²) in [4.78, 5) is 28.3. The quantitative estimate of drug-likeness (QED) is 0.786. The van der Waals surface area contributed by atoms with Crippen LogP contribution in [0, 0.1) is 0 Å². The molecule has 122 valence electrons. The zero-order valence-corrected chi connectivity index (χ0v) is 13.0. The fourth-order valence-electron chi connectivity index (χ4n) is 1.98. The lowest BCUT2D eigenvalue weighted by atomic mass is 10.1. The second-order valence-corrected chi connectivity index (χ2v) is 4.93. The molecule has 0 saturated heterocycles. The minimum absolute atomic E-state index is 0.0636. The predicted octanol–water partition coefficient (Wildman–Crippen LogP) is 1.73. The molecule has 1 aromatic heterocycles. The average Bonchev–Trinajstić information content (AvgIpc) is 3.09. The predicted molar refractivity (Wildman–Crippen MR) is 82.4 cm³/mol. The van der Waals surface area contributed by atoms with Crippen molar-refractivity contribution in [3.8, 4) is 0 Å². The summed E-state index contributed by atoms with van der Waals surface area (Å²) < 4.78 is 9.95. The van der Waals surface area contributed by atoms with E-state index in [-0.39, 0.29) is 17.6 Å². The summed E-state index contributed by atoms with van der Waals surface area (Å²) in [7, 11) is 1.26. The van der Waals surface area contributed by atoms with E-state index in [1.807, 2.05) is 13.0 Å². The molecule has 0 aliphatic carbocycles. The SMILES string of the molecule is CCC(N)c1nc(C(=O)NC(C(=O)OC)c2ccccc2)co1. The molecule has 0 spiro atoms. The number of esters is 1. The van der Waals surface area contributed by atoms with E-state index in [9.17, 15) is 9.59 Å². The van der Waals surface area contributed by atoms with Gasteiger partial charge in [-0.3, -0.25) is 4.79 Å². The van der Waals surface area contributed by atoms with Crippen molar-refractivity contribution >= 4 is 11.9 Å². The van der Waals surface area contributed by atoms with Gasteiger partial charge in [0, 0.05) is 0 Å². The number of carbonyl (C=O) groups is 2. The maximum absolute atomic E-state index is 12.3. The van der Waals surface area contributed by atoms with Crippen molar-refractivity contribution in [1.82, 2.24) is 10.3 Å². The maximum Gasteiger partial charge on any atom is 0.333 e. The van der Waals surface area contributed by atoms with Crippen LogP contribution in [-0.2, 0) is 9.53 Å². The molecule has 2 atom stereocenters. The number of amides is 1. The van der Waals surface area contributed by atoms with E-state index in [2.05, 4.69) is 10.3 Å². The van der Waals surface area contributed by atoms with Crippen LogP contribution in [0.3, 0.4) is 0 Å². The first-order valence-corrected chi connectivity index (χ1v) is 7.21. The Morgan fingerprint density at radius 2 is 2.04 bits per heavy atom. The van der Waals surface area contributed by atoms with Gasteiger partial charge in [-0.2, -0.15) is 0 Å². The molecule has 0 radical (unpaired) electrons. The molecular formula is C16H19N3O4. The summed E-state index contributed by atoms with van der Waals surface area (Å²) in [5.41, 5.74) is 6.48. The number of carbonyl (C=O) groups excluding carboxylic acids is 2. The van der Waals surface area contributed by atoms with Gasteiger partial charge in [0.15, 0.2) is 11.7 Å². The highest BCUT2D eigenvalue weighted by molar-refractivity contribution is 5.95. The second kappa shape index (κ2) is 7.55. The Hall–Kier alpha value is -2.67. The lowest BCUT2D eigenvalue weighted by Crippen LogP contribution is -2.34. The highest BCUT2D eigenvalue weighted by atomic mass is 16.5. The molecule has 1 aromatic carbocycles. The molecule has 0 fully saturated rings. The van der Waals surface area contributed by atoms with E-state index < -0.39 is 17.9 Å². The fourth-order valence-corrected chi connectivity index (χ4v) is 1.98. The number of nitrogens with two attached hydrogens (primary N) is 1. The van der Waals surface area contributed by atoms with Gasteiger partial charge in [-0.1, -0.05) is 37.3 Å². The van der Waals surface area contributed by atoms with Crippen molar-refractivity contribution in [2.45, 2.75) is 25.4 Å². The first-order chi connectivity index (χ1) is 11.1. The summed E-state index contributed by atoms with van der Waals surface area (Å²) >= 11 is 0. The lowest BCUT2D eigenvalue weighted by Gasteiger charge is -2.16. The number of ether oxygens (including phenoxy) is 1. The van der Waals surface area contributed by atoms with Crippen molar-refractivity contribution < 1.29 is 18.7 Å². The summed E-state index contributed by atoms with van der Waals surface area (Å²) in [6.45, 7) is 1.89. The Kier molecular flexibility index (Phi) is 5.48. The van der Waals surface area contributed by atoms with Gasteiger partial charge in [0.05, 0.1) is 13.2 Å². The number of nitrogens with one attached hydrogen (secondary N) is 1. The molecule has 2 aromatic rings. The van der Waals surface area contributed by atoms with Gasteiger partial charge in [0.2, 0.25) is 5.89 Å². The highest BCUT2D eigenvalue weighted by Crippen LogP contribution is 2.17. The minimum atomic E-state index is -0.923. The molecule has 1 heterocycles. The first kappa shape index (κ1) is 16.7. The van der Waals surface area contributed by atoms with Gasteiger partial charge >= 0.3 is 5.97 Å². The Labute approximate surface area is 133 Å². The van der Waals surface area contributed by atoms with Crippen LogP contribution in [0.5, 0.6) is 0 Å². The van der Waals surface area contributed by atoms with Crippen LogP contribution in [0.2, 0.25) is 0 Å². The third kappa shape index (κ3) is 3.95. The number of hydrogen-bond acceptors (Lipinski definition) is 6. The average molecular weight is 317 g/mol. The van der Waals surface area contributed by atoms with E-state index in [0.29, 0.717) is 12.0 Å². The normalized spacial score (nSPS) is 13.2. The number of rotatable bonds is 6. The topological polar surface area (TPSA) is 107 Å². The Bertz CT molecular complexity index is 669. The lowest BCUT2D eigenvalue weighted by molar-refractivity contribution is -0.143. The van der Waals surface area contributed by atoms with Crippen molar-refractivity contribution in [3.05, 3.63) is 53.7 Å². The van der Waals surface area contributed by atoms with E-state index in [1.54, 1.807) is 24.3 Å². The molecule has 7 heteroatoms. The van der Waals surface area contributed by atoms with Crippen LogP contribution in [0.25, 0.3) is 0 Å². The summed E-state index contributed by atoms with van der Waals surface area (Å²) in [5, 5.41) is 2.59. The number of oxazole rings is 1. The van der Waals surface area contributed by atoms with E-state index in [4.69, 9.17) is 14.9 Å². The van der Waals surface area contributed by atoms with Crippen LogP contribution >= 0.6 is 0 Å². The van der Waals surface area contributed by atoms with Gasteiger partial charge in [-0.25, -0.2) is 9.78 Å². The zero-order chi connectivity index (χ0) is 16.8. The largest absolute Gasteiger partial charge is 0.467 e. The molecule has 0 aliphatic rings. The maximum atomic E-state index is 12.3. The Morgan fingerprint density at radius 3 is 2.65 bits per heavy atom. The van der Waals surface area contributed by atoms with Gasteiger partial charge in [-0.05, 0) is 12.0 Å².